The molecule has 1 N–H and O–H groups in total. The van der Waals surface area contributed by atoms with E-state index in [4.69, 9.17) is 0 Å². The second-order valence-electron chi connectivity index (χ2n) is 5.17. The Balaban J connectivity index is 1.79. The van der Waals surface area contributed by atoms with Gasteiger partial charge in [0.25, 0.3) is 5.91 Å². The molecule has 0 saturated carbocycles. The number of pyridine rings is 1. The number of nitrogens with one attached hydrogen (secondary N) is 1. The summed E-state index contributed by atoms with van der Waals surface area (Å²) >= 11 is 3.26. The van der Waals surface area contributed by atoms with Gasteiger partial charge in [0.1, 0.15) is 5.52 Å². The predicted octanol–water partition coefficient (Wildman–Crippen LogP) is 3.64. The third-order valence-electron chi connectivity index (χ3n) is 3.50. The molecule has 0 fully saturated rings. The first kappa shape index (κ1) is 17.4. The largest absolute Gasteiger partial charge is 0.449 e. The maximum absolute atomic E-state index is 13.2. The van der Waals surface area contributed by atoms with Crippen LogP contribution >= 0.6 is 15.9 Å². The molecule has 130 valence electrons. The zero-order valence-corrected chi connectivity index (χ0v) is 14.3. The van der Waals surface area contributed by atoms with E-state index in [9.17, 15) is 18.0 Å². The zero-order chi connectivity index (χ0) is 18.0. The van der Waals surface area contributed by atoms with Gasteiger partial charge in [0.15, 0.2) is 5.65 Å². The number of rotatable bonds is 4. The lowest BCUT2D eigenvalue weighted by molar-refractivity contribution is -0.146. The number of hydrogen-bond acceptors (Lipinski definition) is 3. The lowest BCUT2D eigenvalue weighted by atomic mass is 10.2. The van der Waals surface area contributed by atoms with Crippen molar-refractivity contribution in [1.29, 1.82) is 0 Å². The van der Waals surface area contributed by atoms with Crippen LogP contribution in [0.1, 0.15) is 16.2 Å². The molecule has 0 radical (unpaired) electrons. The van der Waals surface area contributed by atoms with E-state index in [1.807, 2.05) is 0 Å². The van der Waals surface area contributed by atoms with E-state index < -0.39 is 12.0 Å². The lowest BCUT2D eigenvalue weighted by Crippen LogP contribution is -2.29. The Labute approximate surface area is 149 Å². The maximum Gasteiger partial charge on any atom is 0.449 e. The number of amides is 1. The number of aromatic nitrogens is 3. The molecule has 1 amide bonds. The molecule has 25 heavy (non-hydrogen) atoms. The van der Waals surface area contributed by atoms with Crippen molar-refractivity contribution in [2.24, 2.45) is 0 Å². The van der Waals surface area contributed by atoms with Gasteiger partial charge >= 0.3 is 6.18 Å². The number of hydrogen-bond donors (Lipinski definition) is 1. The first-order chi connectivity index (χ1) is 11.9. The van der Waals surface area contributed by atoms with E-state index in [0.717, 1.165) is 4.57 Å². The van der Waals surface area contributed by atoms with Crippen LogP contribution in [0.15, 0.2) is 47.1 Å². The molecule has 0 bridgehead atoms. The highest BCUT2D eigenvalue weighted by Crippen LogP contribution is 2.30. The highest BCUT2D eigenvalue weighted by atomic mass is 79.9. The standard InChI is InChI=1S/C16H12BrF3N4O/c17-11-5-2-1-4-10(11)14(25)22-8-9-24-13-12(6-3-7-21-13)23-15(24)16(18,19)20/h1-7H,8-9H2,(H,22,25). The van der Waals surface area contributed by atoms with Crippen LogP contribution in [-0.2, 0) is 12.7 Å². The molecule has 0 unspecified atom stereocenters. The first-order valence-electron chi connectivity index (χ1n) is 7.29. The Bertz CT molecular complexity index is 923. The van der Waals surface area contributed by atoms with Crippen molar-refractivity contribution in [2.75, 3.05) is 6.54 Å². The fraction of sp³-hybridized carbons (Fsp3) is 0.188. The van der Waals surface area contributed by atoms with E-state index >= 15 is 0 Å². The zero-order valence-electron chi connectivity index (χ0n) is 12.7. The molecule has 5 nitrogen and oxygen atoms in total. The minimum Gasteiger partial charge on any atom is -0.350 e. The molecule has 2 aromatic heterocycles. The summed E-state index contributed by atoms with van der Waals surface area (Å²) in [4.78, 5) is 19.7. The molecule has 0 saturated heterocycles. The number of benzene rings is 1. The van der Waals surface area contributed by atoms with Gasteiger partial charge in [-0.05, 0) is 40.2 Å². The summed E-state index contributed by atoms with van der Waals surface area (Å²) in [7, 11) is 0. The van der Waals surface area contributed by atoms with Crippen LogP contribution in [0.3, 0.4) is 0 Å². The Morgan fingerprint density at radius 2 is 1.96 bits per heavy atom. The third kappa shape index (κ3) is 3.65. The average molecular weight is 413 g/mol. The van der Waals surface area contributed by atoms with Crippen LogP contribution < -0.4 is 5.32 Å². The number of fused-ring (bicyclic) bond motifs is 1. The molecular weight excluding hydrogens is 401 g/mol. The van der Waals surface area contributed by atoms with E-state index in [2.05, 4.69) is 31.2 Å². The molecule has 2 heterocycles. The van der Waals surface area contributed by atoms with Crippen LogP contribution in [-0.4, -0.2) is 27.0 Å². The van der Waals surface area contributed by atoms with Crippen molar-refractivity contribution >= 4 is 33.0 Å². The molecule has 0 aliphatic heterocycles. The summed E-state index contributed by atoms with van der Waals surface area (Å²) in [6, 6.07) is 9.79. The fourth-order valence-electron chi connectivity index (χ4n) is 2.41. The molecule has 0 atom stereocenters. The van der Waals surface area contributed by atoms with Gasteiger partial charge in [-0.3, -0.25) is 4.79 Å². The number of halogens is 4. The highest BCUT2D eigenvalue weighted by Gasteiger charge is 2.37. The molecule has 9 heteroatoms. The quantitative estimate of drug-likeness (QED) is 0.711. The molecule has 3 rings (SSSR count). The topological polar surface area (TPSA) is 59.8 Å². The normalized spacial score (nSPS) is 11.7. The summed E-state index contributed by atoms with van der Waals surface area (Å²) in [5, 5.41) is 2.61. The second kappa shape index (κ2) is 6.83. The molecule has 3 aromatic rings. The first-order valence-corrected chi connectivity index (χ1v) is 8.08. The second-order valence-corrected chi connectivity index (χ2v) is 6.02. The minimum atomic E-state index is -4.60. The van der Waals surface area contributed by atoms with Crippen molar-refractivity contribution in [3.63, 3.8) is 0 Å². The van der Waals surface area contributed by atoms with Crippen LogP contribution in [0.5, 0.6) is 0 Å². The van der Waals surface area contributed by atoms with Crippen LogP contribution in [0.2, 0.25) is 0 Å². The average Bonchev–Trinajstić information content (AvgIpc) is 2.94. The maximum atomic E-state index is 13.2. The lowest BCUT2D eigenvalue weighted by Gasteiger charge is -2.12. The monoisotopic (exact) mass is 412 g/mol. The van der Waals surface area contributed by atoms with Crippen molar-refractivity contribution in [1.82, 2.24) is 19.9 Å². The minimum absolute atomic E-state index is 0.00524. The Morgan fingerprint density at radius 3 is 2.68 bits per heavy atom. The number of imidazole rings is 1. The van der Waals surface area contributed by atoms with Gasteiger partial charge in [-0.15, -0.1) is 0 Å². The van der Waals surface area contributed by atoms with Gasteiger partial charge in [-0.2, -0.15) is 13.2 Å². The summed E-state index contributed by atoms with van der Waals surface area (Å²) in [6.07, 6.45) is -3.20. The van der Waals surface area contributed by atoms with Gasteiger partial charge in [0.05, 0.1) is 5.56 Å². The van der Waals surface area contributed by atoms with Crippen molar-refractivity contribution in [3.8, 4) is 0 Å². The number of alkyl halides is 3. The van der Waals surface area contributed by atoms with Gasteiger partial charge in [-0.25, -0.2) is 9.97 Å². The van der Waals surface area contributed by atoms with Gasteiger partial charge < -0.3 is 9.88 Å². The van der Waals surface area contributed by atoms with Crippen molar-refractivity contribution in [2.45, 2.75) is 12.7 Å². The molecule has 1 aromatic carbocycles. The Morgan fingerprint density at radius 1 is 1.20 bits per heavy atom. The molecule has 0 aliphatic rings. The Kier molecular flexibility index (Phi) is 4.76. The van der Waals surface area contributed by atoms with Gasteiger partial charge in [0, 0.05) is 23.8 Å². The summed E-state index contributed by atoms with van der Waals surface area (Å²) < 4.78 is 41.1. The van der Waals surface area contributed by atoms with Crippen LogP contribution in [0.4, 0.5) is 13.2 Å². The van der Waals surface area contributed by atoms with Crippen molar-refractivity contribution in [3.05, 3.63) is 58.5 Å². The van der Waals surface area contributed by atoms with Crippen LogP contribution in [0.25, 0.3) is 11.2 Å². The van der Waals surface area contributed by atoms with Gasteiger partial charge in [0.2, 0.25) is 5.82 Å². The smallest absolute Gasteiger partial charge is 0.350 e. The highest BCUT2D eigenvalue weighted by molar-refractivity contribution is 9.10. The van der Waals surface area contributed by atoms with E-state index in [0.29, 0.717) is 10.0 Å². The molecule has 0 spiro atoms. The predicted molar refractivity (Wildman–Crippen MR) is 89.0 cm³/mol. The fourth-order valence-corrected chi connectivity index (χ4v) is 2.87. The van der Waals surface area contributed by atoms with Crippen LogP contribution in [0, 0.1) is 0 Å². The number of carbonyl (C=O) groups is 1. The van der Waals surface area contributed by atoms with E-state index in [1.165, 1.54) is 18.3 Å². The summed E-state index contributed by atoms with van der Waals surface area (Å²) in [5.74, 6) is -1.41. The number of carbonyl (C=O) groups excluding carboxylic acids is 1. The SMILES string of the molecule is O=C(NCCn1c(C(F)(F)F)nc2cccnc21)c1ccccc1Br. The van der Waals surface area contributed by atoms with Gasteiger partial charge in [-0.1, -0.05) is 12.1 Å². The molecular formula is C16H12BrF3N4O. The molecule has 0 aliphatic carbocycles. The van der Waals surface area contributed by atoms with Crippen molar-refractivity contribution < 1.29 is 18.0 Å². The van der Waals surface area contributed by atoms with E-state index in [1.54, 1.807) is 24.3 Å². The third-order valence-corrected chi connectivity index (χ3v) is 4.19. The summed E-state index contributed by atoms with van der Waals surface area (Å²) in [6.45, 7) is -0.0934. The number of nitrogens with zero attached hydrogens (tertiary/aromatic N) is 3. The van der Waals surface area contributed by atoms with E-state index in [-0.39, 0.29) is 30.2 Å². The summed E-state index contributed by atoms with van der Waals surface area (Å²) in [5.41, 5.74) is 0.698. The Hall–Kier alpha value is -2.42.